The maximum Gasteiger partial charge on any atom is 0.222 e. The van der Waals surface area contributed by atoms with Crippen molar-refractivity contribution in [2.24, 2.45) is 0 Å². The molecular formula is C5H6ClN5. The lowest BCUT2D eigenvalue weighted by Crippen LogP contribution is -2.04. The number of nitrogens with one attached hydrogen (secondary N) is 1. The van der Waals surface area contributed by atoms with Gasteiger partial charge in [-0.15, -0.1) is 0 Å². The summed E-state index contributed by atoms with van der Waals surface area (Å²) in [5.74, 6) is 0.0164. The standard InChI is InChI=1S/C5H6ClN5/c6-4-3(8)2(1-7)10-5(9)11-4/h1,7H,8H2,(H2,9,10,11). The summed E-state index contributed by atoms with van der Waals surface area (Å²) in [5, 5.41) is 6.95. The van der Waals surface area contributed by atoms with Gasteiger partial charge < -0.3 is 16.9 Å². The van der Waals surface area contributed by atoms with Crippen LogP contribution in [-0.4, -0.2) is 16.2 Å². The lowest BCUT2D eigenvalue weighted by atomic mass is 10.4. The van der Waals surface area contributed by atoms with Crippen molar-refractivity contribution in [2.45, 2.75) is 0 Å². The molecule has 0 fully saturated rings. The van der Waals surface area contributed by atoms with Crippen molar-refractivity contribution in [1.82, 2.24) is 9.97 Å². The smallest absolute Gasteiger partial charge is 0.222 e. The van der Waals surface area contributed by atoms with E-state index < -0.39 is 0 Å². The van der Waals surface area contributed by atoms with E-state index in [-0.39, 0.29) is 22.5 Å². The first-order valence-corrected chi connectivity index (χ1v) is 3.12. The van der Waals surface area contributed by atoms with Gasteiger partial charge in [0.2, 0.25) is 5.95 Å². The zero-order valence-corrected chi connectivity index (χ0v) is 6.26. The summed E-state index contributed by atoms with van der Waals surface area (Å²) in [5.41, 5.74) is 11.1. The van der Waals surface area contributed by atoms with Crippen molar-refractivity contribution in [3.63, 3.8) is 0 Å². The number of nitrogen functional groups attached to an aromatic ring is 2. The van der Waals surface area contributed by atoms with E-state index in [0.29, 0.717) is 0 Å². The van der Waals surface area contributed by atoms with Crippen molar-refractivity contribution in [3.05, 3.63) is 10.8 Å². The van der Waals surface area contributed by atoms with Crippen LogP contribution in [0.2, 0.25) is 5.15 Å². The van der Waals surface area contributed by atoms with Crippen LogP contribution in [0.1, 0.15) is 5.69 Å². The van der Waals surface area contributed by atoms with Crippen LogP contribution in [0, 0.1) is 5.41 Å². The van der Waals surface area contributed by atoms with Gasteiger partial charge in [0.25, 0.3) is 0 Å². The van der Waals surface area contributed by atoms with Crippen LogP contribution in [0.25, 0.3) is 0 Å². The van der Waals surface area contributed by atoms with Gasteiger partial charge in [-0.05, 0) is 0 Å². The van der Waals surface area contributed by atoms with E-state index in [2.05, 4.69) is 9.97 Å². The van der Waals surface area contributed by atoms with E-state index in [1.807, 2.05) is 0 Å². The third-order valence-electron chi connectivity index (χ3n) is 1.08. The quantitative estimate of drug-likeness (QED) is 0.418. The Balaban J connectivity index is 3.35. The molecule has 1 aromatic heterocycles. The van der Waals surface area contributed by atoms with Crippen LogP contribution in [0.15, 0.2) is 0 Å². The predicted molar refractivity (Wildman–Crippen MR) is 43.8 cm³/mol. The van der Waals surface area contributed by atoms with E-state index in [0.717, 1.165) is 6.21 Å². The Bertz CT molecular complexity index is 297. The van der Waals surface area contributed by atoms with E-state index in [4.69, 9.17) is 28.5 Å². The SMILES string of the molecule is N=Cc1nc(N)nc(Cl)c1N. The molecule has 11 heavy (non-hydrogen) atoms. The number of aromatic nitrogens is 2. The molecule has 1 heterocycles. The minimum absolute atomic E-state index is 0.0164. The van der Waals surface area contributed by atoms with Crippen molar-refractivity contribution in [1.29, 1.82) is 5.41 Å². The Labute approximate surface area is 67.9 Å². The zero-order valence-electron chi connectivity index (χ0n) is 5.50. The summed E-state index contributed by atoms with van der Waals surface area (Å²) in [6.07, 6.45) is 0.971. The molecule has 0 aliphatic rings. The Morgan fingerprint density at radius 2 is 2.00 bits per heavy atom. The van der Waals surface area contributed by atoms with E-state index in [1.54, 1.807) is 0 Å². The summed E-state index contributed by atoms with van der Waals surface area (Å²) >= 11 is 5.54. The molecule has 6 heteroatoms. The Morgan fingerprint density at radius 3 is 2.55 bits per heavy atom. The fraction of sp³-hybridized carbons (Fsp3) is 0. The summed E-state index contributed by atoms with van der Waals surface area (Å²) in [6, 6.07) is 0. The summed E-state index contributed by atoms with van der Waals surface area (Å²) in [6.45, 7) is 0. The number of hydrogen-bond donors (Lipinski definition) is 3. The average molecular weight is 172 g/mol. The first-order valence-electron chi connectivity index (χ1n) is 2.74. The zero-order chi connectivity index (χ0) is 8.43. The molecule has 0 unspecified atom stereocenters. The molecule has 0 bridgehead atoms. The van der Waals surface area contributed by atoms with E-state index in [9.17, 15) is 0 Å². The van der Waals surface area contributed by atoms with Crippen molar-refractivity contribution >= 4 is 29.5 Å². The number of nitrogens with two attached hydrogens (primary N) is 2. The molecule has 0 amide bonds. The lowest BCUT2D eigenvalue weighted by molar-refractivity contribution is 1.18. The van der Waals surface area contributed by atoms with Gasteiger partial charge in [0.05, 0.1) is 5.69 Å². The largest absolute Gasteiger partial charge is 0.394 e. The molecular weight excluding hydrogens is 166 g/mol. The summed E-state index contributed by atoms with van der Waals surface area (Å²) in [4.78, 5) is 7.25. The number of anilines is 2. The fourth-order valence-corrected chi connectivity index (χ4v) is 0.769. The molecule has 58 valence electrons. The molecule has 0 aliphatic heterocycles. The van der Waals surface area contributed by atoms with Gasteiger partial charge in [-0.3, -0.25) is 0 Å². The highest BCUT2D eigenvalue weighted by Crippen LogP contribution is 2.17. The Hall–Kier alpha value is -1.36. The second kappa shape index (κ2) is 2.71. The van der Waals surface area contributed by atoms with Crippen LogP contribution < -0.4 is 11.5 Å². The molecule has 5 N–H and O–H groups in total. The lowest BCUT2D eigenvalue weighted by Gasteiger charge is -2.00. The number of halogens is 1. The van der Waals surface area contributed by atoms with Gasteiger partial charge in [-0.2, -0.15) is 4.98 Å². The van der Waals surface area contributed by atoms with Gasteiger partial charge in [-0.1, -0.05) is 11.6 Å². The molecule has 0 aliphatic carbocycles. The van der Waals surface area contributed by atoms with Crippen LogP contribution in [0.3, 0.4) is 0 Å². The van der Waals surface area contributed by atoms with Crippen LogP contribution in [0.4, 0.5) is 11.6 Å². The third-order valence-corrected chi connectivity index (χ3v) is 1.37. The second-order valence-electron chi connectivity index (χ2n) is 1.82. The van der Waals surface area contributed by atoms with Crippen molar-refractivity contribution < 1.29 is 0 Å². The van der Waals surface area contributed by atoms with Crippen LogP contribution >= 0.6 is 11.6 Å². The normalized spacial score (nSPS) is 9.55. The van der Waals surface area contributed by atoms with Gasteiger partial charge in [0, 0.05) is 6.21 Å². The van der Waals surface area contributed by atoms with E-state index >= 15 is 0 Å². The molecule has 5 nitrogen and oxygen atoms in total. The molecule has 0 saturated heterocycles. The molecule has 0 atom stereocenters. The summed E-state index contributed by atoms with van der Waals surface area (Å²) in [7, 11) is 0. The average Bonchev–Trinajstić information content (AvgIpc) is 1.96. The van der Waals surface area contributed by atoms with E-state index in [1.165, 1.54) is 0 Å². The highest BCUT2D eigenvalue weighted by molar-refractivity contribution is 6.32. The topological polar surface area (TPSA) is 102 Å². The Morgan fingerprint density at radius 1 is 1.36 bits per heavy atom. The van der Waals surface area contributed by atoms with Gasteiger partial charge in [0.15, 0.2) is 5.15 Å². The molecule has 0 aromatic carbocycles. The fourth-order valence-electron chi connectivity index (χ4n) is 0.585. The highest BCUT2D eigenvalue weighted by Gasteiger charge is 2.05. The highest BCUT2D eigenvalue weighted by atomic mass is 35.5. The van der Waals surface area contributed by atoms with Gasteiger partial charge >= 0.3 is 0 Å². The van der Waals surface area contributed by atoms with Crippen LogP contribution in [0.5, 0.6) is 0 Å². The molecule has 1 rings (SSSR count). The number of nitrogens with zero attached hydrogens (tertiary/aromatic N) is 2. The summed E-state index contributed by atoms with van der Waals surface area (Å²) < 4.78 is 0. The molecule has 1 aromatic rings. The maximum absolute atomic E-state index is 6.87. The van der Waals surface area contributed by atoms with Crippen LogP contribution in [-0.2, 0) is 0 Å². The first-order chi connectivity index (χ1) is 5.15. The van der Waals surface area contributed by atoms with Crippen molar-refractivity contribution in [3.8, 4) is 0 Å². The molecule has 0 radical (unpaired) electrons. The molecule has 0 spiro atoms. The number of rotatable bonds is 1. The Kier molecular flexibility index (Phi) is 1.91. The minimum atomic E-state index is 0.0164. The first kappa shape index (κ1) is 7.74. The van der Waals surface area contributed by atoms with Crippen molar-refractivity contribution in [2.75, 3.05) is 11.5 Å². The second-order valence-corrected chi connectivity index (χ2v) is 2.17. The van der Waals surface area contributed by atoms with Gasteiger partial charge in [0.1, 0.15) is 5.69 Å². The maximum atomic E-state index is 6.87. The molecule has 0 saturated carbocycles. The number of hydrogen-bond acceptors (Lipinski definition) is 5. The minimum Gasteiger partial charge on any atom is -0.394 e. The third kappa shape index (κ3) is 1.38. The predicted octanol–water partition coefficient (Wildman–Crippen LogP) is 0.292. The van der Waals surface area contributed by atoms with Gasteiger partial charge in [-0.25, -0.2) is 4.98 Å². The monoisotopic (exact) mass is 171 g/mol.